The summed E-state index contributed by atoms with van der Waals surface area (Å²) in [5.41, 5.74) is 3.69. The van der Waals surface area contributed by atoms with Gasteiger partial charge in [0.2, 0.25) is 0 Å². The molecule has 3 heteroatoms. The highest BCUT2D eigenvalue weighted by Crippen LogP contribution is 2.16. The zero-order valence-corrected chi connectivity index (χ0v) is 7.14. The Labute approximate surface area is 70.8 Å². The summed E-state index contributed by atoms with van der Waals surface area (Å²) >= 11 is 0. The van der Waals surface area contributed by atoms with Gasteiger partial charge in [-0.1, -0.05) is 0 Å². The molecule has 12 heavy (non-hydrogen) atoms. The summed E-state index contributed by atoms with van der Waals surface area (Å²) < 4.78 is 0. The number of carbonyl (C=O) groups excluding carboxylic acids is 1. The van der Waals surface area contributed by atoms with Crippen LogP contribution in [0.1, 0.15) is 27.3 Å². The minimum atomic E-state index is 0.000556. The molecule has 1 aliphatic heterocycles. The highest BCUT2D eigenvalue weighted by atomic mass is 16.1. The Morgan fingerprint density at radius 2 is 2.25 bits per heavy atom. The van der Waals surface area contributed by atoms with E-state index in [1.165, 1.54) is 0 Å². The first-order chi connectivity index (χ1) is 5.68. The maximum atomic E-state index is 11.2. The molecule has 1 aromatic rings. The van der Waals surface area contributed by atoms with Crippen molar-refractivity contribution in [3.8, 4) is 0 Å². The lowest BCUT2D eigenvalue weighted by molar-refractivity contribution is 0.0965. The normalized spacial score (nSPS) is 14.3. The average Bonchev–Trinajstić information content (AvgIpc) is 2.35. The second kappa shape index (κ2) is 2.30. The Morgan fingerprint density at radius 1 is 1.50 bits per heavy atom. The Balaban J connectivity index is 2.63. The van der Waals surface area contributed by atoms with E-state index >= 15 is 0 Å². The summed E-state index contributed by atoms with van der Waals surface area (Å²) in [6, 6.07) is 1.90. The lowest BCUT2D eigenvalue weighted by Gasteiger charge is -2.00. The molecule has 2 rings (SSSR count). The molecule has 1 N–H and O–H groups in total. The van der Waals surface area contributed by atoms with Crippen molar-refractivity contribution in [1.82, 2.24) is 10.3 Å². The first-order valence-corrected chi connectivity index (χ1v) is 3.94. The number of amides is 1. The van der Waals surface area contributed by atoms with Crippen LogP contribution < -0.4 is 5.32 Å². The topological polar surface area (TPSA) is 42.0 Å². The Kier molecular flexibility index (Phi) is 1.40. The first kappa shape index (κ1) is 7.28. The predicted molar refractivity (Wildman–Crippen MR) is 44.9 cm³/mol. The molecule has 0 aliphatic carbocycles. The monoisotopic (exact) mass is 162 g/mol. The fraction of sp³-hybridized carbons (Fsp3) is 0.333. The molecule has 1 amide bonds. The van der Waals surface area contributed by atoms with Gasteiger partial charge in [-0.25, -0.2) is 0 Å². The fourth-order valence-corrected chi connectivity index (χ4v) is 1.35. The number of carbonyl (C=O) groups is 1. The van der Waals surface area contributed by atoms with Crippen LogP contribution in [0.15, 0.2) is 6.07 Å². The van der Waals surface area contributed by atoms with Crippen molar-refractivity contribution in [2.45, 2.75) is 20.4 Å². The van der Waals surface area contributed by atoms with Crippen LogP contribution in [0.5, 0.6) is 0 Å². The van der Waals surface area contributed by atoms with E-state index in [4.69, 9.17) is 0 Å². The summed E-state index contributed by atoms with van der Waals surface area (Å²) in [7, 11) is 0. The molecule has 0 radical (unpaired) electrons. The number of aryl methyl sites for hydroxylation is 2. The van der Waals surface area contributed by atoms with Crippen LogP contribution in [0.4, 0.5) is 0 Å². The minimum Gasteiger partial charge on any atom is -0.346 e. The Bertz CT molecular complexity index is 358. The third kappa shape index (κ3) is 0.897. The molecule has 0 spiro atoms. The highest BCUT2D eigenvalue weighted by molar-refractivity contribution is 5.97. The molecule has 2 heterocycles. The van der Waals surface area contributed by atoms with Crippen molar-refractivity contribution >= 4 is 5.91 Å². The molecule has 1 aromatic heterocycles. The van der Waals surface area contributed by atoms with Gasteiger partial charge < -0.3 is 5.32 Å². The van der Waals surface area contributed by atoms with E-state index in [0.717, 1.165) is 22.5 Å². The molecule has 62 valence electrons. The van der Waals surface area contributed by atoms with E-state index in [0.29, 0.717) is 6.54 Å². The minimum absolute atomic E-state index is 0.000556. The molecule has 3 nitrogen and oxygen atoms in total. The maximum absolute atomic E-state index is 11.2. The number of rotatable bonds is 0. The second-order valence-electron chi connectivity index (χ2n) is 3.07. The van der Waals surface area contributed by atoms with Crippen LogP contribution in [0.3, 0.4) is 0 Å². The van der Waals surface area contributed by atoms with Gasteiger partial charge in [0.05, 0.1) is 17.8 Å². The van der Waals surface area contributed by atoms with Gasteiger partial charge in [-0.15, -0.1) is 0 Å². The van der Waals surface area contributed by atoms with Crippen LogP contribution in [-0.2, 0) is 6.54 Å². The number of nitrogens with one attached hydrogen (secondary N) is 1. The van der Waals surface area contributed by atoms with E-state index in [-0.39, 0.29) is 5.91 Å². The highest BCUT2D eigenvalue weighted by Gasteiger charge is 2.20. The summed E-state index contributed by atoms with van der Waals surface area (Å²) in [4.78, 5) is 15.5. The molecular formula is C9H10N2O. The quantitative estimate of drug-likeness (QED) is 0.617. The maximum Gasteiger partial charge on any atom is 0.253 e. The summed E-state index contributed by atoms with van der Waals surface area (Å²) in [6.45, 7) is 4.50. The number of hydrogen-bond donors (Lipinski definition) is 1. The summed E-state index contributed by atoms with van der Waals surface area (Å²) in [5, 5.41) is 2.74. The van der Waals surface area contributed by atoms with Gasteiger partial charge in [-0.05, 0) is 25.5 Å². The molecule has 0 bridgehead atoms. The largest absolute Gasteiger partial charge is 0.346 e. The number of nitrogens with zero attached hydrogens (tertiary/aromatic N) is 1. The lowest BCUT2D eigenvalue weighted by atomic mass is 10.1. The molecule has 0 aromatic carbocycles. The fourth-order valence-electron chi connectivity index (χ4n) is 1.35. The van der Waals surface area contributed by atoms with E-state index in [1.807, 2.05) is 19.9 Å². The van der Waals surface area contributed by atoms with Gasteiger partial charge in [0.25, 0.3) is 5.91 Å². The standard InChI is InChI=1S/C9H10N2O/c1-5-3-7-8(11-6(5)2)4-10-9(7)12/h3H,4H2,1-2H3,(H,10,12). The van der Waals surface area contributed by atoms with Crippen molar-refractivity contribution < 1.29 is 4.79 Å². The number of aromatic nitrogens is 1. The summed E-state index contributed by atoms with van der Waals surface area (Å²) in [6.07, 6.45) is 0. The van der Waals surface area contributed by atoms with Crippen LogP contribution >= 0.6 is 0 Å². The first-order valence-electron chi connectivity index (χ1n) is 3.94. The molecular weight excluding hydrogens is 152 g/mol. The van der Waals surface area contributed by atoms with Crippen LogP contribution in [0.2, 0.25) is 0 Å². The van der Waals surface area contributed by atoms with E-state index in [1.54, 1.807) is 0 Å². The zero-order valence-electron chi connectivity index (χ0n) is 7.14. The average molecular weight is 162 g/mol. The summed E-state index contributed by atoms with van der Waals surface area (Å²) in [5.74, 6) is 0.000556. The van der Waals surface area contributed by atoms with E-state index < -0.39 is 0 Å². The lowest BCUT2D eigenvalue weighted by Crippen LogP contribution is -2.12. The molecule has 0 fully saturated rings. The van der Waals surface area contributed by atoms with Crippen LogP contribution in [-0.4, -0.2) is 10.9 Å². The number of fused-ring (bicyclic) bond motifs is 1. The van der Waals surface area contributed by atoms with Crippen LogP contribution in [0.25, 0.3) is 0 Å². The number of pyridine rings is 1. The van der Waals surface area contributed by atoms with Gasteiger partial charge in [-0.3, -0.25) is 9.78 Å². The van der Waals surface area contributed by atoms with E-state index in [9.17, 15) is 4.79 Å². The van der Waals surface area contributed by atoms with Gasteiger partial charge in [0.15, 0.2) is 0 Å². The molecule has 0 saturated carbocycles. The molecule has 1 aliphatic rings. The molecule has 0 atom stereocenters. The Hall–Kier alpha value is -1.38. The van der Waals surface area contributed by atoms with Crippen molar-refractivity contribution in [1.29, 1.82) is 0 Å². The van der Waals surface area contributed by atoms with Crippen molar-refractivity contribution in [2.75, 3.05) is 0 Å². The predicted octanol–water partition coefficient (Wildman–Crippen LogP) is 0.942. The van der Waals surface area contributed by atoms with Crippen LogP contribution in [0, 0.1) is 13.8 Å². The van der Waals surface area contributed by atoms with Crippen molar-refractivity contribution in [3.63, 3.8) is 0 Å². The molecule has 0 unspecified atom stereocenters. The van der Waals surface area contributed by atoms with Gasteiger partial charge in [-0.2, -0.15) is 0 Å². The SMILES string of the molecule is Cc1cc2c(nc1C)CNC2=O. The Morgan fingerprint density at radius 3 is 3.00 bits per heavy atom. The molecule has 0 saturated heterocycles. The van der Waals surface area contributed by atoms with Gasteiger partial charge >= 0.3 is 0 Å². The van der Waals surface area contributed by atoms with Crippen molar-refractivity contribution in [2.24, 2.45) is 0 Å². The number of hydrogen-bond acceptors (Lipinski definition) is 2. The third-order valence-electron chi connectivity index (χ3n) is 2.21. The smallest absolute Gasteiger partial charge is 0.253 e. The van der Waals surface area contributed by atoms with Gasteiger partial charge in [0, 0.05) is 5.69 Å². The van der Waals surface area contributed by atoms with Crippen molar-refractivity contribution in [3.05, 3.63) is 28.6 Å². The third-order valence-corrected chi connectivity index (χ3v) is 2.21. The van der Waals surface area contributed by atoms with E-state index in [2.05, 4.69) is 10.3 Å². The second-order valence-corrected chi connectivity index (χ2v) is 3.07. The zero-order chi connectivity index (χ0) is 8.72. The van der Waals surface area contributed by atoms with Gasteiger partial charge in [0.1, 0.15) is 0 Å².